The molecule has 0 fully saturated rings. The number of nitrogens with zero attached hydrogens (tertiary/aromatic N) is 1. The summed E-state index contributed by atoms with van der Waals surface area (Å²) in [6.45, 7) is 2.03. The van der Waals surface area contributed by atoms with Crippen molar-refractivity contribution in [1.82, 2.24) is 10.2 Å². The maximum absolute atomic E-state index is 12.3. The smallest absolute Gasteiger partial charge is 0.224 e. The molecule has 118 valence electrons. The molecule has 1 atom stereocenters. The van der Waals surface area contributed by atoms with Crippen LogP contribution in [0, 0.1) is 0 Å². The maximum Gasteiger partial charge on any atom is 0.224 e. The van der Waals surface area contributed by atoms with Crippen LogP contribution in [0.1, 0.15) is 24.8 Å². The summed E-state index contributed by atoms with van der Waals surface area (Å²) in [6.07, 6.45) is 2.17. The molecule has 0 aliphatic carbocycles. The number of aromatic amines is 1. The predicted octanol–water partition coefficient (Wildman–Crippen LogP) is 3.70. The summed E-state index contributed by atoms with van der Waals surface area (Å²) in [4.78, 5) is 12.3. The fourth-order valence-electron chi connectivity index (χ4n) is 2.57. The number of aromatic nitrogens is 2. The standard InChI is InChI=1S/C18H19N3O2/c1-12(13-4-3-5-16(9-13)23-2)8-18(22)20-15-7-6-14-11-19-21-17(14)10-15/h3-7,9-12H,8H2,1-2H3,(H,19,21)(H,20,22). The lowest BCUT2D eigenvalue weighted by atomic mass is 9.97. The lowest BCUT2D eigenvalue weighted by Crippen LogP contribution is -2.14. The van der Waals surface area contributed by atoms with Crippen molar-refractivity contribution in [2.45, 2.75) is 19.3 Å². The molecule has 5 heteroatoms. The van der Waals surface area contributed by atoms with Crippen LogP contribution < -0.4 is 10.1 Å². The van der Waals surface area contributed by atoms with E-state index in [1.54, 1.807) is 13.3 Å². The molecule has 0 aliphatic heterocycles. The fraction of sp³-hybridized carbons (Fsp3) is 0.222. The van der Waals surface area contributed by atoms with Gasteiger partial charge < -0.3 is 10.1 Å². The number of benzene rings is 2. The van der Waals surface area contributed by atoms with E-state index in [0.717, 1.165) is 27.9 Å². The van der Waals surface area contributed by atoms with Gasteiger partial charge in [-0.25, -0.2) is 0 Å². The largest absolute Gasteiger partial charge is 0.497 e. The van der Waals surface area contributed by atoms with E-state index in [0.29, 0.717) is 6.42 Å². The van der Waals surface area contributed by atoms with Gasteiger partial charge in [0.25, 0.3) is 0 Å². The topological polar surface area (TPSA) is 67.0 Å². The predicted molar refractivity (Wildman–Crippen MR) is 90.7 cm³/mol. The Bertz CT molecular complexity index is 826. The number of amides is 1. The highest BCUT2D eigenvalue weighted by atomic mass is 16.5. The first-order chi connectivity index (χ1) is 11.2. The summed E-state index contributed by atoms with van der Waals surface area (Å²) in [7, 11) is 1.64. The molecular formula is C18H19N3O2. The molecule has 0 spiro atoms. The first kappa shape index (κ1) is 15.1. The van der Waals surface area contributed by atoms with Gasteiger partial charge in [0.05, 0.1) is 18.8 Å². The van der Waals surface area contributed by atoms with Gasteiger partial charge in [0.2, 0.25) is 5.91 Å². The van der Waals surface area contributed by atoms with Gasteiger partial charge in [0.15, 0.2) is 0 Å². The molecule has 2 aromatic carbocycles. The van der Waals surface area contributed by atoms with Crippen LogP contribution in [-0.4, -0.2) is 23.2 Å². The number of carbonyl (C=O) groups excluding carboxylic acids is 1. The summed E-state index contributed by atoms with van der Waals surface area (Å²) in [6, 6.07) is 13.5. The number of rotatable bonds is 5. The van der Waals surface area contributed by atoms with Crippen molar-refractivity contribution >= 4 is 22.5 Å². The molecule has 2 N–H and O–H groups in total. The quantitative estimate of drug-likeness (QED) is 0.755. The van der Waals surface area contributed by atoms with Gasteiger partial charge in [0.1, 0.15) is 5.75 Å². The van der Waals surface area contributed by atoms with Crippen molar-refractivity contribution in [1.29, 1.82) is 0 Å². The van der Waals surface area contributed by atoms with Gasteiger partial charge in [-0.05, 0) is 41.8 Å². The third-order valence-electron chi connectivity index (χ3n) is 3.88. The lowest BCUT2D eigenvalue weighted by molar-refractivity contribution is -0.116. The highest BCUT2D eigenvalue weighted by molar-refractivity contribution is 5.93. The summed E-state index contributed by atoms with van der Waals surface area (Å²) >= 11 is 0. The van der Waals surface area contributed by atoms with Crippen LogP contribution in [0.3, 0.4) is 0 Å². The Kier molecular flexibility index (Phi) is 4.28. The molecule has 0 radical (unpaired) electrons. The second-order valence-electron chi connectivity index (χ2n) is 5.60. The summed E-state index contributed by atoms with van der Waals surface area (Å²) in [5, 5.41) is 10.8. The summed E-state index contributed by atoms with van der Waals surface area (Å²) in [5.74, 6) is 0.902. The van der Waals surface area contributed by atoms with Crippen molar-refractivity contribution in [2.75, 3.05) is 12.4 Å². The molecule has 0 bridgehead atoms. The number of ether oxygens (including phenoxy) is 1. The van der Waals surface area contributed by atoms with Crippen molar-refractivity contribution < 1.29 is 9.53 Å². The van der Waals surface area contributed by atoms with Crippen molar-refractivity contribution in [3.63, 3.8) is 0 Å². The number of hydrogen-bond donors (Lipinski definition) is 2. The van der Waals surface area contributed by atoms with Crippen LogP contribution >= 0.6 is 0 Å². The van der Waals surface area contributed by atoms with Gasteiger partial charge in [-0.3, -0.25) is 9.89 Å². The second-order valence-corrected chi connectivity index (χ2v) is 5.60. The molecule has 3 rings (SSSR count). The molecule has 1 heterocycles. The van der Waals surface area contributed by atoms with Crippen molar-refractivity contribution in [3.05, 3.63) is 54.2 Å². The minimum Gasteiger partial charge on any atom is -0.497 e. The van der Waals surface area contributed by atoms with Gasteiger partial charge >= 0.3 is 0 Å². The number of carbonyl (C=O) groups is 1. The van der Waals surface area contributed by atoms with E-state index in [9.17, 15) is 4.79 Å². The SMILES string of the molecule is COc1cccc(C(C)CC(=O)Nc2ccc3cn[nH]c3c2)c1. The van der Waals surface area contributed by atoms with E-state index >= 15 is 0 Å². The van der Waals surface area contributed by atoms with E-state index in [-0.39, 0.29) is 11.8 Å². The number of nitrogens with one attached hydrogen (secondary N) is 2. The first-order valence-corrected chi connectivity index (χ1v) is 7.52. The number of H-pyrrole nitrogens is 1. The van der Waals surface area contributed by atoms with Crippen molar-refractivity contribution in [3.8, 4) is 5.75 Å². The minimum atomic E-state index is -0.0146. The first-order valence-electron chi connectivity index (χ1n) is 7.52. The highest BCUT2D eigenvalue weighted by Gasteiger charge is 2.12. The molecule has 0 saturated heterocycles. The number of fused-ring (bicyclic) bond motifs is 1. The Morgan fingerprint density at radius 3 is 3.00 bits per heavy atom. The Morgan fingerprint density at radius 2 is 2.17 bits per heavy atom. The average Bonchev–Trinajstić information content (AvgIpc) is 3.02. The van der Waals surface area contributed by atoms with Crippen LogP contribution in [0.4, 0.5) is 5.69 Å². The summed E-state index contributed by atoms with van der Waals surface area (Å²) < 4.78 is 5.23. The molecule has 1 unspecified atom stereocenters. The molecule has 1 aromatic heterocycles. The summed E-state index contributed by atoms with van der Waals surface area (Å²) in [5.41, 5.74) is 2.76. The molecule has 0 aliphatic rings. The van der Waals surface area contributed by atoms with Gasteiger partial charge in [-0.15, -0.1) is 0 Å². The molecular weight excluding hydrogens is 290 g/mol. The third-order valence-corrected chi connectivity index (χ3v) is 3.88. The van der Waals surface area contributed by atoms with E-state index < -0.39 is 0 Å². The lowest BCUT2D eigenvalue weighted by Gasteiger charge is -2.13. The van der Waals surface area contributed by atoms with E-state index in [4.69, 9.17) is 4.74 Å². The van der Waals surface area contributed by atoms with E-state index in [2.05, 4.69) is 15.5 Å². The van der Waals surface area contributed by atoms with Crippen LogP contribution in [0.5, 0.6) is 5.75 Å². The van der Waals surface area contributed by atoms with Gasteiger partial charge in [-0.1, -0.05) is 19.1 Å². The van der Waals surface area contributed by atoms with Crippen LogP contribution in [-0.2, 0) is 4.79 Å². The molecule has 3 aromatic rings. The maximum atomic E-state index is 12.3. The van der Waals surface area contributed by atoms with Gasteiger partial charge in [0, 0.05) is 17.5 Å². The Labute approximate surface area is 134 Å². The molecule has 23 heavy (non-hydrogen) atoms. The normalized spacial score (nSPS) is 12.1. The minimum absolute atomic E-state index is 0.0146. The number of anilines is 1. The van der Waals surface area contributed by atoms with Crippen molar-refractivity contribution in [2.24, 2.45) is 0 Å². The van der Waals surface area contributed by atoms with Crippen LogP contribution in [0.2, 0.25) is 0 Å². The number of methoxy groups -OCH3 is 1. The Hall–Kier alpha value is -2.82. The third kappa shape index (κ3) is 3.51. The number of hydrogen-bond acceptors (Lipinski definition) is 3. The van der Waals surface area contributed by atoms with Gasteiger partial charge in [-0.2, -0.15) is 5.10 Å². The zero-order chi connectivity index (χ0) is 16.2. The average molecular weight is 309 g/mol. The zero-order valence-corrected chi connectivity index (χ0v) is 13.2. The van der Waals surface area contributed by atoms with Crippen LogP contribution in [0.25, 0.3) is 10.9 Å². The second kappa shape index (κ2) is 6.52. The highest BCUT2D eigenvalue weighted by Crippen LogP contribution is 2.24. The Balaban J connectivity index is 1.65. The Morgan fingerprint density at radius 1 is 1.30 bits per heavy atom. The monoisotopic (exact) mass is 309 g/mol. The molecule has 5 nitrogen and oxygen atoms in total. The molecule has 0 saturated carbocycles. The van der Waals surface area contributed by atoms with E-state index in [1.165, 1.54) is 0 Å². The zero-order valence-electron chi connectivity index (χ0n) is 13.2. The fourth-order valence-corrected chi connectivity index (χ4v) is 2.57. The van der Waals surface area contributed by atoms with E-state index in [1.807, 2.05) is 49.4 Å². The molecule has 1 amide bonds. The van der Waals surface area contributed by atoms with Crippen LogP contribution in [0.15, 0.2) is 48.7 Å².